The lowest BCUT2D eigenvalue weighted by molar-refractivity contribution is -0.0638. The number of hydrogen-bond donors (Lipinski definition) is 0. The second-order valence-electron chi connectivity index (χ2n) is 11.8. The summed E-state index contributed by atoms with van der Waals surface area (Å²) in [6.07, 6.45) is 2.15. The lowest BCUT2D eigenvalue weighted by atomic mass is 10.0. The van der Waals surface area contributed by atoms with E-state index in [1.54, 1.807) is 0 Å². The molecule has 0 saturated heterocycles. The predicted octanol–water partition coefficient (Wildman–Crippen LogP) is 7.83. The molecule has 4 rings (SSSR count). The van der Waals surface area contributed by atoms with Crippen molar-refractivity contribution >= 4 is 8.32 Å². The first-order valence-corrected chi connectivity index (χ1v) is 16.2. The van der Waals surface area contributed by atoms with Gasteiger partial charge < -0.3 is 9.16 Å². The van der Waals surface area contributed by atoms with E-state index in [9.17, 15) is 0 Å². The van der Waals surface area contributed by atoms with Crippen LogP contribution in [0.1, 0.15) is 50.3 Å². The molecule has 0 aromatic heterocycles. The van der Waals surface area contributed by atoms with Crippen LogP contribution in [0.5, 0.6) is 0 Å². The van der Waals surface area contributed by atoms with Gasteiger partial charge in [-0.15, -0.1) is 0 Å². The van der Waals surface area contributed by atoms with Crippen molar-refractivity contribution in [3.63, 3.8) is 0 Å². The van der Waals surface area contributed by atoms with Crippen LogP contribution in [0.2, 0.25) is 18.1 Å². The zero-order valence-corrected chi connectivity index (χ0v) is 23.7. The summed E-state index contributed by atoms with van der Waals surface area (Å²) in [7, 11) is -1.92. The molecule has 1 fully saturated rings. The lowest BCUT2D eigenvalue weighted by Crippen LogP contribution is -2.52. The smallest absolute Gasteiger partial charge is 0.192 e. The Hall–Kier alpha value is -2.24. The van der Waals surface area contributed by atoms with Gasteiger partial charge in [0.2, 0.25) is 0 Å². The molecule has 1 unspecified atom stereocenters. The summed E-state index contributed by atoms with van der Waals surface area (Å²) in [5, 5.41) is 0.169. The Balaban J connectivity index is 1.63. The van der Waals surface area contributed by atoms with Crippen LogP contribution in [0, 0.1) is 0 Å². The van der Waals surface area contributed by atoms with Gasteiger partial charge in [0.25, 0.3) is 0 Å². The van der Waals surface area contributed by atoms with Gasteiger partial charge in [-0.1, -0.05) is 112 Å². The molecule has 3 aromatic carbocycles. The van der Waals surface area contributed by atoms with Gasteiger partial charge >= 0.3 is 0 Å². The number of hydrogen-bond acceptors (Lipinski definition) is 3. The first-order valence-electron chi connectivity index (χ1n) is 13.3. The summed E-state index contributed by atoms with van der Waals surface area (Å²) >= 11 is 0. The molecule has 0 amide bonds. The molecule has 3 aromatic rings. The monoisotopic (exact) mass is 501 g/mol. The van der Waals surface area contributed by atoms with Crippen LogP contribution in [0.3, 0.4) is 0 Å². The molecule has 0 bridgehead atoms. The maximum atomic E-state index is 6.91. The Morgan fingerprint density at radius 2 is 1.19 bits per heavy atom. The fraction of sp³-hybridized carbons (Fsp3) is 0.438. The summed E-state index contributed by atoms with van der Waals surface area (Å²) in [6.45, 7) is 14.7. The second-order valence-corrected chi connectivity index (χ2v) is 16.6. The van der Waals surface area contributed by atoms with Crippen LogP contribution in [0.15, 0.2) is 91.0 Å². The number of rotatable bonds is 12. The average Bonchev–Trinajstić information content (AvgIpc) is 3.65. The molecule has 0 N–H and O–H groups in total. The van der Waals surface area contributed by atoms with E-state index in [0.717, 1.165) is 25.9 Å². The van der Waals surface area contributed by atoms with Crippen LogP contribution in [-0.4, -0.2) is 31.5 Å². The minimum atomic E-state index is -1.92. The minimum absolute atomic E-state index is 0.169. The van der Waals surface area contributed by atoms with E-state index in [-0.39, 0.29) is 16.7 Å². The van der Waals surface area contributed by atoms with E-state index in [2.05, 4.69) is 130 Å². The van der Waals surface area contributed by atoms with E-state index in [1.165, 1.54) is 16.7 Å². The highest BCUT2D eigenvalue weighted by Gasteiger charge is 2.54. The van der Waals surface area contributed by atoms with Crippen LogP contribution >= 0.6 is 0 Å². The standard InChI is InChI=1S/C32H43NO2Si/c1-31(2,3)36(4,5)35-26-30(32(21-22-32)34-25-29-19-13-8-14-20-29)33(23-27-15-9-6-10-16-27)24-28-17-11-7-12-18-28/h6-20,30H,21-26H2,1-5H3. The zero-order valence-electron chi connectivity index (χ0n) is 22.7. The molecule has 192 valence electrons. The SMILES string of the molecule is CC(C)(C)[Si](C)(C)OCC(N(Cc1ccccc1)Cc1ccccc1)C1(OCc2ccccc2)CC1. The highest BCUT2D eigenvalue weighted by atomic mass is 28.4. The maximum absolute atomic E-state index is 6.91. The average molecular weight is 502 g/mol. The van der Waals surface area contributed by atoms with E-state index >= 15 is 0 Å². The normalized spacial score (nSPS) is 16.2. The third-order valence-electron chi connectivity index (χ3n) is 8.03. The Morgan fingerprint density at radius 3 is 1.61 bits per heavy atom. The maximum Gasteiger partial charge on any atom is 0.192 e. The summed E-state index contributed by atoms with van der Waals surface area (Å²) in [4.78, 5) is 2.61. The van der Waals surface area contributed by atoms with Gasteiger partial charge in [0.15, 0.2) is 8.32 Å². The molecule has 0 radical (unpaired) electrons. The van der Waals surface area contributed by atoms with Crippen molar-refractivity contribution in [3.05, 3.63) is 108 Å². The third-order valence-corrected chi connectivity index (χ3v) is 12.5. The van der Waals surface area contributed by atoms with E-state index in [1.807, 2.05) is 0 Å². The molecule has 1 saturated carbocycles. The van der Waals surface area contributed by atoms with Crippen LogP contribution < -0.4 is 0 Å². The first-order chi connectivity index (χ1) is 17.2. The molecule has 0 aliphatic heterocycles. The van der Waals surface area contributed by atoms with Gasteiger partial charge in [-0.3, -0.25) is 4.90 Å². The largest absolute Gasteiger partial charge is 0.415 e. The van der Waals surface area contributed by atoms with Gasteiger partial charge in [0, 0.05) is 13.1 Å². The van der Waals surface area contributed by atoms with Crippen molar-refractivity contribution < 1.29 is 9.16 Å². The van der Waals surface area contributed by atoms with Crippen LogP contribution in [0.25, 0.3) is 0 Å². The topological polar surface area (TPSA) is 21.7 Å². The highest BCUT2D eigenvalue weighted by Crippen LogP contribution is 2.47. The highest BCUT2D eigenvalue weighted by molar-refractivity contribution is 6.74. The summed E-state index contributed by atoms with van der Waals surface area (Å²) in [5.41, 5.74) is 3.70. The molecule has 4 heteroatoms. The van der Waals surface area contributed by atoms with E-state index in [0.29, 0.717) is 13.2 Å². The van der Waals surface area contributed by atoms with Crippen LogP contribution in [0.4, 0.5) is 0 Å². The Morgan fingerprint density at radius 1 is 0.750 bits per heavy atom. The summed E-state index contributed by atoms with van der Waals surface area (Å²) < 4.78 is 13.7. The van der Waals surface area contributed by atoms with Crippen molar-refractivity contribution in [1.29, 1.82) is 0 Å². The first kappa shape index (κ1) is 26.8. The molecule has 3 nitrogen and oxygen atoms in total. The van der Waals surface area contributed by atoms with Crippen LogP contribution in [-0.2, 0) is 28.9 Å². The number of nitrogens with zero attached hydrogens (tertiary/aromatic N) is 1. The minimum Gasteiger partial charge on any atom is -0.415 e. The molecule has 36 heavy (non-hydrogen) atoms. The third kappa shape index (κ3) is 6.95. The van der Waals surface area contributed by atoms with Crippen molar-refractivity contribution in [2.75, 3.05) is 6.61 Å². The van der Waals surface area contributed by atoms with Gasteiger partial charge in [0.1, 0.15) is 0 Å². The van der Waals surface area contributed by atoms with Gasteiger partial charge in [-0.05, 0) is 47.7 Å². The Kier molecular flexibility index (Phi) is 8.51. The Labute approximate surface area is 219 Å². The number of benzene rings is 3. The lowest BCUT2D eigenvalue weighted by Gasteiger charge is -2.42. The molecular formula is C32H43NO2Si. The summed E-state index contributed by atoms with van der Waals surface area (Å²) in [6, 6.07) is 32.4. The van der Waals surface area contributed by atoms with Gasteiger partial charge in [0.05, 0.1) is 24.9 Å². The predicted molar refractivity (Wildman–Crippen MR) is 152 cm³/mol. The molecule has 1 aliphatic carbocycles. The van der Waals surface area contributed by atoms with Gasteiger partial charge in [-0.2, -0.15) is 0 Å². The van der Waals surface area contributed by atoms with E-state index < -0.39 is 8.32 Å². The number of ether oxygens (including phenoxy) is 1. The quantitative estimate of drug-likeness (QED) is 0.236. The fourth-order valence-corrected chi connectivity index (χ4v) is 5.51. The summed E-state index contributed by atoms with van der Waals surface area (Å²) in [5.74, 6) is 0. The van der Waals surface area contributed by atoms with Crippen molar-refractivity contribution in [2.45, 2.75) is 83.1 Å². The Bertz CT molecular complexity index is 1020. The second kappa shape index (κ2) is 11.4. The molecule has 1 aliphatic rings. The zero-order chi connectivity index (χ0) is 25.7. The molecule has 1 atom stereocenters. The molecule has 0 spiro atoms. The van der Waals surface area contributed by atoms with Crippen molar-refractivity contribution in [2.24, 2.45) is 0 Å². The molecule has 0 heterocycles. The van der Waals surface area contributed by atoms with Gasteiger partial charge in [-0.25, -0.2) is 0 Å². The van der Waals surface area contributed by atoms with E-state index in [4.69, 9.17) is 9.16 Å². The molecular weight excluding hydrogens is 458 g/mol. The fourth-order valence-electron chi connectivity index (χ4n) is 4.50. The van der Waals surface area contributed by atoms with Crippen molar-refractivity contribution in [1.82, 2.24) is 4.90 Å². The van der Waals surface area contributed by atoms with Crippen molar-refractivity contribution in [3.8, 4) is 0 Å².